The number of hydrogen-bond donors (Lipinski definition) is 2. The predicted octanol–water partition coefficient (Wildman–Crippen LogP) is 1.34. The fourth-order valence-corrected chi connectivity index (χ4v) is 2.59. The van der Waals surface area contributed by atoms with Crippen LogP contribution in [0.4, 0.5) is 0 Å². The lowest BCUT2D eigenvalue weighted by Gasteiger charge is -2.09. The third-order valence-corrected chi connectivity index (χ3v) is 3.34. The van der Waals surface area contributed by atoms with Gasteiger partial charge in [0.2, 0.25) is 0 Å². The molecule has 1 unspecified atom stereocenters. The van der Waals surface area contributed by atoms with E-state index in [1.54, 1.807) is 0 Å². The van der Waals surface area contributed by atoms with E-state index in [-0.39, 0.29) is 0 Å². The van der Waals surface area contributed by atoms with E-state index in [1.165, 1.54) is 17.9 Å². The second-order valence-electron chi connectivity index (χ2n) is 3.37. The molecule has 2 N–H and O–H groups in total. The van der Waals surface area contributed by atoms with Crippen molar-refractivity contribution in [3.63, 3.8) is 0 Å². The second kappa shape index (κ2) is 6.27. The van der Waals surface area contributed by atoms with Gasteiger partial charge < -0.3 is 10.4 Å². The molecule has 1 atom stereocenters. The van der Waals surface area contributed by atoms with Gasteiger partial charge in [-0.3, -0.25) is 4.79 Å². The summed E-state index contributed by atoms with van der Waals surface area (Å²) in [5, 5.41) is 11.8. The van der Waals surface area contributed by atoms with Crippen molar-refractivity contribution in [3.05, 3.63) is 0 Å². The first-order valence-electron chi connectivity index (χ1n) is 4.82. The molecule has 0 aromatic carbocycles. The highest BCUT2D eigenvalue weighted by Gasteiger charge is 2.13. The van der Waals surface area contributed by atoms with Crippen LogP contribution in [0.15, 0.2) is 0 Å². The maximum Gasteiger partial charge on any atom is 0.303 e. The normalized spacial score (nSPS) is 22.0. The third-order valence-electron chi connectivity index (χ3n) is 2.18. The van der Waals surface area contributed by atoms with Gasteiger partial charge in [-0.05, 0) is 31.6 Å². The zero-order valence-electron chi connectivity index (χ0n) is 7.79. The first kappa shape index (κ1) is 10.9. The molecule has 1 fully saturated rings. The van der Waals surface area contributed by atoms with Crippen molar-refractivity contribution in [2.24, 2.45) is 0 Å². The fraction of sp³-hybridized carbons (Fsp3) is 0.889. The van der Waals surface area contributed by atoms with Crippen molar-refractivity contribution >= 4 is 17.7 Å². The molecule has 76 valence electrons. The summed E-state index contributed by atoms with van der Waals surface area (Å²) < 4.78 is 0. The molecule has 0 bridgehead atoms. The summed E-state index contributed by atoms with van der Waals surface area (Å²) in [7, 11) is 0. The van der Waals surface area contributed by atoms with Gasteiger partial charge in [-0.2, -0.15) is 11.8 Å². The lowest BCUT2D eigenvalue weighted by molar-refractivity contribution is -0.137. The minimum atomic E-state index is -0.684. The summed E-state index contributed by atoms with van der Waals surface area (Å²) in [4.78, 5) is 10.2. The Morgan fingerprint density at radius 1 is 1.54 bits per heavy atom. The number of carboxylic acids is 1. The van der Waals surface area contributed by atoms with Gasteiger partial charge in [0.05, 0.1) is 0 Å². The van der Waals surface area contributed by atoms with Gasteiger partial charge in [-0.1, -0.05) is 0 Å². The number of carboxylic acid groups (broad SMARTS) is 1. The Morgan fingerprint density at radius 3 is 3.00 bits per heavy atom. The highest BCUT2D eigenvalue weighted by molar-refractivity contribution is 7.99. The SMILES string of the molecule is O=C(O)CCCCNC1CCSC1. The van der Waals surface area contributed by atoms with E-state index in [0.29, 0.717) is 12.5 Å². The lowest BCUT2D eigenvalue weighted by Crippen LogP contribution is -2.29. The molecule has 13 heavy (non-hydrogen) atoms. The first-order valence-corrected chi connectivity index (χ1v) is 5.97. The molecule has 0 saturated carbocycles. The van der Waals surface area contributed by atoms with Gasteiger partial charge in [0.1, 0.15) is 0 Å². The van der Waals surface area contributed by atoms with Crippen LogP contribution in [-0.2, 0) is 4.79 Å². The van der Waals surface area contributed by atoms with Crippen LogP contribution in [0.2, 0.25) is 0 Å². The minimum absolute atomic E-state index is 0.307. The van der Waals surface area contributed by atoms with Crippen molar-refractivity contribution in [2.75, 3.05) is 18.1 Å². The third kappa shape index (κ3) is 5.16. The molecule has 3 nitrogen and oxygen atoms in total. The van der Waals surface area contributed by atoms with Gasteiger partial charge in [-0.25, -0.2) is 0 Å². The van der Waals surface area contributed by atoms with Gasteiger partial charge in [-0.15, -0.1) is 0 Å². The highest BCUT2D eigenvalue weighted by atomic mass is 32.2. The molecule has 0 amide bonds. The van der Waals surface area contributed by atoms with E-state index >= 15 is 0 Å². The molecule has 1 rings (SSSR count). The van der Waals surface area contributed by atoms with Crippen molar-refractivity contribution < 1.29 is 9.90 Å². The largest absolute Gasteiger partial charge is 0.481 e. The zero-order chi connectivity index (χ0) is 9.52. The van der Waals surface area contributed by atoms with Crippen LogP contribution in [0, 0.1) is 0 Å². The Hall–Kier alpha value is -0.220. The average Bonchev–Trinajstić information content (AvgIpc) is 2.55. The molecule has 0 radical (unpaired) electrons. The van der Waals surface area contributed by atoms with E-state index in [9.17, 15) is 4.79 Å². The summed E-state index contributed by atoms with van der Waals surface area (Å²) >= 11 is 1.99. The topological polar surface area (TPSA) is 49.3 Å². The Balaban J connectivity index is 1.86. The molecule has 1 saturated heterocycles. The van der Waals surface area contributed by atoms with Crippen LogP contribution in [0.3, 0.4) is 0 Å². The number of unbranched alkanes of at least 4 members (excludes halogenated alkanes) is 1. The second-order valence-corrected chi connectivity index (χ2v) is 4.52. The molecule has 1 aliphatic rings. The number of carbonyl (C=O) groups is 1. The fourth-order valence-electron chi connectivity index (χ4n) is 1.40. The smallest absolute Gasteiger partial charge is 0.303 e. The van der Waals surface area contributed by atoms with Crippen molar-refractivity contribution in [1.29, 1.82) is 0 Å². The average molecular weight is 203 g/mol. The van der Waals surface area contributed by atoms with Gasteiger partial charge in [0.15, 0.2) is 0 Å². The quantitative estimate of drug-likeness (QED) is 0.640. The number of aliphatic carboxylic acids is 1. The van der Waals surface area contributed by atoms with Crippen LogP contribution in [-0.4, -0.2) is 35.2 Å². The summed E-state index contributed by atoms with van der Waals surface area (Å²) in [6.07, 6.45) is 3.35. The molecule has 0 spiro atoms. The summed E-state index contributed by atoms with van der Waals surface area (Å²) in [6, 6.07) is 0.676. The van der Waals surface area contributed by atoms with Crippen LogP contribution in [0.25, 0.3) is 0 Å². The van der Waals surface area contributed by atoms with E-state index in [0.717, 1.165) is 19.4 Å². The standard InChI is InChI=1S/C9H17NO2S/c11-9(12)3-1-2-5-10-8-4-6-13-7-8/h8,10H,1-7H2,(H,11,12). The van der Waals surface area contributed by atoms with Crippen LogP contribution in [0.1, 0.15) is 25.7 Å². The first-order chi connectivity index (χ1) is 6.29. The van der Waals surface area contributed by atoms with Gasteiger partial charge >= 0.3 is 5.97 Å². The number of hydrogen-bond acceptors (Lipinski definition) is 3. The van der Waals surface area contributed by atoms with E-state index in [4.69, 9.17) is 5.11 Å². The van der Waals surface area contributed by atoms with E-state index in [1.807, 2.05) is 11.8 Å². The van der Waals surface area contributed by atoms with Gasteiger partial charge in [0, 0.05) is 18.2 Å². The maximum absolute atomic E-state index is 10.2. The summed E-state index contributed by atoms with van der Waals surface area (Å²) in [5.74, 6) is 1.81. The van der Waals surface area contributed by atoms with Gasteiger partial charge in [0.25, 0.3) is 0 Å². The molecule has 0 aromatic heterocycles. The molecule has 1 aliphatic heterocycles. The van der Waals surface area contributed by atoms with Crippen molar-refractivity contribution in [1.82, 2.24) is 5.32 Å². The predicted molar refractivity (Wildman–Crippen MR) is 55.2 cm³/mol. The van der Waals surface area contributed by atoms with Crippen molar-refractivity contribution in [2.45, 2.75) is 31.7 Å². The summed E-state index contributed by atoms with van der Waals surface area (Å²) in [5.41, 5.74) is 0. The van der Waals surface area contributed by atoms with Crippen LogP contribution >= 0.6 is 11.8 Å². The minimum Gasteiger partial charge on any atom is -0.481 e. The Bertz CT molecular complexity index is 158. The van der Waals surface area contributed by atoms with E-state index < -0.39 is 5.97 Å². The maximum atomic E-state index is 10.2. The number of thioether (sulfide) groups is 1. The van der Waals surface area contributed by atoms with Crippen molar-refractivity contribution in [3.8, 4) is 0 Å². The Labute approximate surface area is 83.3 Å². The zero-order valence-corrected chi connectivity index (χ0v) is 8.61. The molecular formula is C9H17NO2S. The van der Waals surface area contributed by atoms with Crippen LogP contribution < -0.4 is 5.32 Å². The Morgan fingerprint density at radius 2 is 2.38 bits per heavy atom. The number of nitrogens with one attached hydrogen (secondary N) is 1. The molecule has 0 aromatic rings. The van der Waals surface area contributed by atoms with E-state index in [2.05, 4.69) is 5.32 Å². The molecular weight excluding hydrogens is 186 g/mol. The lowest BCUT2D eigenvalue weighted by atomic mass is 10.2. The monoisotopic (exact) mass is 203 g/mol. The molecule has 0 aliphatic carbocycles. The Kier molecular flexibility index (Phi) is 5.23. The molecule has 1 heterocycles. The van der Waals surface area contributed by atoms with Crippen LogP contribution in [0.5, 0.6) is 0 Å². The summed E-state index contributed by atoms with van der Waals surface area (Å²) in [6.45, 7) is 0.971. The number of rotatable bonds is 6. The molecule has 4 heteroatoms. The highest BCUT2D eigenvalue weighted by Crippen LogP contribution is 2.16.